The molecule has 0 fully saturated rings. The van der Waals surface area contributed by atoms with E-state index in [-0.39, 0.29) is 11.5 Å². The predicted molar refractivity (Wildman–Crippen MR) is 59.5 cm³/mol. The Bertz CT molecular complexity index is 422. The molecule has 0 aromatic heterocycles. The van der Waals surface area contributed by atoms with Gasteiger partial charge in [-0.2, -0.15) is 0 Å². The standard InChI is InChI=1S/C11H9ClO4/c1-7(11(14)15)8-2-4-9(5-3-8)16-10(13)6-12/h2-5H,1,6H2,(H,14,15). The molecule has 1 rings (SSSR count). The summed E-state index contributed by atoms with van der Waals surface area (Å²) in [6.45, 7) is 3.40. The lowest BCUT2D eigenvalue weighted by Crippen LogP contribution is -2.08. The van der Waals surface area contributed by atoms with E-state index < -0.39 is 11.9 Å². The van der Waals surface area contributed by atoms with Crippen molar-refractivity contribution in [2.45, 2.75) is 0 Å². The molecule has 0 saturated carbocycles. The van der Waals surface area contributed by atoms with E-state index in [4.69, 9.17) is 21.4 Å². The van der Waals surface area contributed by atoms with Gasteiger partial charge in [-0.3, -0.25) is 4.79 Å². The Morgan fingerprint density at radius 3 is 2.31 bits per heavy atom. The second kappa shape index (κ2) is 5.32. The van der Waals surface area contributed by atoms with E-state index in [0.29, 0.717) is 11.3 Å². The molecule has 0 spiro atoms. The molecule has 0 amide bonds. The number of hydrogen-bond acceptors (Lipinski definition) is 3. The van der Waals surface area contributed by atoms with E-state index in [1.54, 1.807) is 0 Å². The lowest BCUT2D eigenvalue weighted by atomic mass is 10.1. The molecule has 0 heterocycles. The van der Waals surface area contributed by atoms with E-state index in [9.17, 15) is 9.59 Å². The van der Waals surface area contributed by atoms with Crippen LogP contribution in [0.4, 0.5) is 0 Å². The van der Waals surface area contributed by atoms with Crippen LogP contribution in [0.5, 0.6) is 5.75 Å². The SMILES string of the molecule is C=C(C(=O)O)c1ccc(OC(=O)CCl)cc1. The summed E-state index contributed by atoms with van der Waals surface area (Å²) in [5.41, 5.74) is 0.438. The monoisotopic (exact) mass is 240 g/mol. The molecular formula is C11H9ClO4. The molecule has 4 nitrogen and oxygen atoms in total. The maximum atomic E-state index is 10.8. The Hall–Kier alpha value is -1.81. The first-order chi connectivity index (χ1) is 7.54. The molecule has 84 valence electrons. The van der Waals surface area contributed by atoms with Crippen molar-refractivity contribution >= 4 is 29.1 Å². The predicted octanol–water partition coefficient (Wildman–Crippen LogP) is 1.93. The van der Waals surface area contributed by atoms with E-state index in [2.05, 4.69) is 6.58 Å². The third-order valence-corrected chi connectivity index (χ3v) is 2.02. The number of alkyl halides is 1. The van der Waals surface area contributed by atoms with Crippen molar-refractivity contribution in [2.24, 2.45) is 0 Å². The largest absolute Gasteiger partial charge is 0.478 e. The number of halogens is 1. The summed E-state index contributed by atoms with van der Waals surface area (Å²) < 4.78 is 4.81. The average molecular weight is 241 g/mol. The highest BCUT2D eigenvalue weighted by Gasteiger charge is 2.08. The molecule has 0 bridgehead atoms. The molecule has 5 heteroatoms. The van der Waals surface area contributed by atoms with E-state index in [1.165, 1.54) is 24.3 Å². The number of carbonyl (C=O) groups excluding carboxylic acids is 1. The maximum absolute atomic E-state index is 10.8. The highest BCUT2D eigenvalue weighted by atomic mass is 35.5. The number of benzene rings is 1. The van der Waals surface area contributed by atoms with Gasteiger partial charge in [0.25, 0.3) is 0 Å². The first-order valence-corrected chi connectivity index (χ1v) is 4.87. The van der Waals surface area contributed by atoms with Crippen LogP contribution in [0.1, 0.15) is 5.56 Å². The number of ether oxygens (including phenoxy) is 1. The molecule has 16 heavy (non-hydrogen) atoms. The average Bonchev–Trinajstić information content (AvgIpc) is 2.28. The van der Waals surface area contributed by atoms with Crippen LogP contribution in [0, 0.1) is 0 Å². The van der Waals surface area contributed by atoms with Gasteiger partial charge >= 0.3 is 11.9 Å². The van der Waals surface area contributed by atoms with Gasteiger partial charge in [-0.05, 0) is 17.7 Å². The van der Waals surface area contributed by atoms with Gasteiger partial charge in [-0.1, -0.05) is 18.7 Å². The van der Waals surface area contributed by atoms with Crippen LogP contribution in [-0.4, -0.2) is 22.9 Å². The Labute approximate surface area is 97.1 Å². The molecule has 0 aliphatic carbocycles. The van der Waals surface area contributed by atoms with Crippen molar-refractivity contribution in [3.8, 4) is 5.75 Å². The van der Waals surface area contributed by atoms with E-state index >= 15 is 0 Å². The number of carbonyl (C=O) groups is 2. The lowest BCUT2D eigenvalue weighted by Gasteiger charge is -2.04. The number of carboxylic acid groups (broad SMARTS) is 1. The zero-order chi connectivity index (χ0) is 12.1. The Morgan fingerprint density at radius 1 is 1.31 bits per heavy atom. The quantitative estimate of drug-likeness (QED) is 0.378. The summed E-state index contributed by atoms with van der Waals surface area (Å²) in [5, 5.41) is 8.69. The minimum Gasteiger partial charge on any atom is -0.478 e. The molecule has 0 saturated heterocycles. The van der Waals surface area contributed by atoms with Crippen LogP contribution >= 0.6 is 11.6 Å². The summed E-state index contributed by atoms with van der Waals surface area (Å²) in [4.78, 5) is 21.4. The van der Waals surface area contributed by atoms with Crippen LogP contribution in [0.15, 0.2) is 30.8 Å². The van der Waals surface area contributed by atoms with Gasteiger partial charge < -0.3 is 9.84 Å². The number of hydrogen-bond donors (Lipinski definition) is 1. The Morgan fingerprint density at radius 2 is 1.88 bits per heavy atom. The number of aliphatic carboxylic acids is 1. The van der Waals surface area contributed by atoms with Crippen molar-refractivity contribution < 1.29 is 19.4 Å². The third-order valence-electron chi connectivity index (χ3n) is 1.80. The minimum atomic E-state index is -1.09. The number of carboxylic acids is 1. The second-order valence-electron chi connectivity index (χ2n) is 2.92. The molecule has 0 aliphatic rings. The van der Waals surface area contributed by atoms with E-state index in [0.717, 1.165) is 0 Å². The smallest absolute Gasteiger partial charge is 0.335 e. The molecule has 0 radical (unpaired) electrons. The summed E-state index contributed by atoms with van der Waals surface area (Å²) in [7, 11) is 0. The number of esters is 1. The summed E-state index contributed by atoms with van der Waals surface area (Å²) >= 11 is 5.26. The van der Waals surface area contributed by atoms with Gasteiger partial charge in [0.1, 0.15) is 11.6 Å². The molecule has 0 aliphatic heterocycles. The van der Waals surface area contributed by atoms with Crippen LogP contribution in [0.3, 0.4) is 0 Å². The van der Waals surface area contributed by atoms with Gasteiger partial charge in [0, 0.05) is 0 Å². The molecule has 1 aromatic carbocycles. The van der Waals surface area contributed by atoms with Gasteiger partial charge in [-0.15, -0.1) is 11.6 Å². The fourth-order valence-electron chi connectivity index (χ4n) is 1.01. The van der Waals surface area contributed by atoms with Crippen molar-refractivity contribution in [1.82, 2.24) is 0 Å². The van der Waals surface area contributed by atoms with Gasteiger partial charge in [0.05, 0.1) is 5.57 Å². The second-order valence-corrected chi connectivity index (χ2v) is 3.18. The summed E-state index contributed by atoms with van der Waals surface area (Å²) in [6, 6.07) is 5.97. The molecule has 0 unspecified atom stereocenters. The fraction of sp³-hybridized carbons (Fsp3) is 0.0909. The fourth-order valence-corrected chi connectivity index (χ4v) is 1.06. The minimum absolute atomic E-state index is 0.0183. The third kappa shape index (κ3) is 3.10. The van der Waals surface area contributed by atoms with Crippen molar-refractivity contribution in [3.05, 3.63) is 36.4 Å². The first-order valence-electron chi connectivity index (χ1n) is 4.34. The lowest BCUT2D eigenvalue weighted by molar-refractivity contribution is -0.132. The first kappa shape index (κ1) is 12.3. The normalized spacial score (nSPS) is 9.56. The van der Waals surface area contributed by atoms with Crippen molar-refractivity contribution in [1.29, 1.82) is 0 Å². The maximum Gasteiger partial charge on any atom is 0.335 e. The van der Waals surface area contributed by atoms with Gasteiger partial charge in [0.2, 0.25) is 0 Å². The van der Waals surface area contributed by atoms with Crippen molar-refractivity contribution in [3.63, 3.8) is 0 Å². The molecular weight excluding hydrogens is 232 g/mol. The van der Waals surface area contributed by atoms with Crippen LogP contribution in [-0.2, 0) is 9.59 Å². The Balaban J connectivity index is 2.79. The zero-order valence-corrected chi connectivity index (χ0v) is 9.03. The summed E-state index contributed by atoms with van der Waals surface area (Å²) in [5.74, 6) is -1.58. The van der Waals surface area contributed by atoms with Crippen molar-refractivity contribution in [2.75, 3.05) is 5.88 Å². The van der Waals surface area contributed by atoms with Gasteiger partial charge in [-0.25, -0.2) is 4.79 Å². The highest BCUT2D eigenvalue weighted by Crippen LogP contribution is 2.17. The van der Waals surface area contributed by atoms with Crippen LogP contribution in [0.25, 0.3) is 5.57 Å². The molecule has 1 aromatic rings. The molecule has 0 atom stereocenters. The van der Waals surface area contributed by atoms with E-state index in [1.807, 2.05) is 0 Å². The summed E-state index contributed by atoms with van der Waals surface area (Å²) in [6.07, 6.45) is 0. The Kier molecular flexibility index (Phi) is 4.08. The van der Waals surface area contributed by atoms with Crippen LogP contribution in [0.2, 0.25) is 0 Å². The molecule has 1 N–H and O–H groups in total. The van der Waals surface area contributed by atoms with Crippen LogP contribution < -0.4 is 4.74 Å². The highest BCUT2D eigenvalue weighted by molar-refractivity contribution is 6.26. The topological polar surface area (TPSA) is 63.6 Å². The van der Waals surface area contributed by atoms with Gasteiger partial charge in [0.15, 0.2) is 0 Å². The zero-order valence-electron chi connectivity index (χ0n) is 8.27. The number of rotatable bonds is 4.